The molecule has 0 bridgehead atoms. The fourth-order valence-corrected chi connectivity index (χ4v) is 3.13. The number of nitrogens with zero attached hydrogens (tertiary/aromatic N) is 3. The van der Waals surface area contributed by atoms with Crippen molar-refractivity contribution in [3.05, 3.63) is 42.2 Å². The number of rotatable bonds is 7. The van der Waals surface area contributed by atoms with E-state index < -0.39 is 11.9 Å². The molecule has 0 atom stereocenters. The van der Waals surface area contributed by atoms with E-state index in [0.717, 1.165) is 5.69 Å². The Balaban J connectivity index is 1.94. The molecule has 0 aliphatic carbocycles. The van der Waals surface area contributed by atoms with E-state index in [1.807, 2.05) is 37.3 Å². The summed E-state index contributed by atoms with van der Waals surface area (Å²) >= 11 is 0. The summed E-state index contributed by atoms with van der Waals surface area (Å²) in [4.78, 5) is 25.9. The van der Waals surface area contributed by atoms with Gasteiger partial charge in [0, 0.05) is 19.3 Å². The highest BCUT2D eigenvalue weighted by molar-refractivity contribution is 5.96. The first kappa shape index (κ1) is 18.9. The van der Waals surface area contributed by atoms with Crippen LogP contribution < -0.4 is 4.74 Å². The molecule has 1 aliphatic heterocycles. The molecule has 1 saturated heterocycles. The zero-order valence-corrected chi connectivity index (χ0v) is 15.2. The summed E-state index contributed by atoms with van der Waals surface area (Å²) < 4.78 is 12.5. The van der Waals surface area contributed by atoms with Crippen LogP contribution in [0, 0.1) is 0 Å². The zero-order valence-electron chi connectivity index (χ0n) is 15.2. The van der Waals surface area contributed by atoms with E-state index in [1.54, 1.807) is 10.9 Å². The van der Waals surface area contributed by atoms with Crippen LogP contribution in [0.1, 0.15) is 30.3 Å². The van der Waals surface area contributed by atoms with E-state index in [2.05, 4.69) is 5.10 Å². The van der Waals surface area contributed by atoms with Gasteiger partial charge in [0.2, 0.25) is 0 Å². The van der Waals surface area contributed by atoms with Gasteiger partial charge in [-0.1, -0.05) is 18.2 Å². The van der Waals surface area contributed by atoms with Gasteiger partial charge in [-0.3, -0.25) is 9.59 Å². The van der Waals surface area contributed by atoms with Crippen molar-refractivity contribution in [1.82, 2.24) is 14.7 Å². The maximum atomic E-state index is 13.2. The van der Waals surface area contributed by atoms with Crippen LogP contribution in [-0.4, -0.2) is 64.1 Å². The lowest BCUT2D eigenvalue weighted by atomic mass is 10.1. The van der Waals surface area contributed by atoms with E-state index in [1.165, 1.54) is 4.90 Å². The molecule has 1 amide bonds. The lowest BCUT2D eigenvalue weighted by molar-refractivity contribution is -0.138. The average Bonchev–Trinajstić information content (AvgIpc) is 3.11. The van der Waals surface area contributed by atoms with Crippen molar-refractivity contribution < 1.29 is 24.2 Å². The maximum absolute atomic E-state index is 13.2. The van der Waals surface area contributed by atoms with E-state index in [-0.39, 0.29) is 18.3 Å². The minimum Gasteiger partial charge on any atom is -0.490 e. The van der Waals surface area contributed by atoms with Gasteiger partial charge in [-0.25, -0.2) is 4.68 Å². The fourth-order valence-electron chi connectivity index (χ4n) is 3.13. The number of para-hydroxylation sites is 1. The summed E-state index contributed by atoms with van der Waals surface area (Å²) in [7, 11) is 0. The molecule has 144 valence electrons. The minimum absolute atomic E-state index is 0.119. The molecule has 1 aliphatic rings. The van der Waals surface area contributed by atoms with Crippen LogP contribution in [0.3, 0.4) is 0 Å². The predicted molar refractivity (Wildman–Crippen MR) is 97.2 cm³/mol. The molecule has 2 aromatic rings. The Labute approximate surface area is 157 Å². The molecule has 8 heteroatoms. The van der Waals surface area contributed by atoms with Crippen molar-refractivity contribution in [2.24, 2.45) is 0 Å². The van der Waals surface area contributed by atoms with E-state index in [9.17, 15) is 14.7 Å². The van der Waals surface area contributed by atoms with Gasteiger partial charge >= 0.3 is 5.97 Å². The van der Waals surface area contributed by atoms with Crippen LogP contribution in [-0.2, 0) is 9.53 Å². The van der Waals surface area contributed by atoms with Crippen LogP contribution in [0.25, 0.3) is 5.69 Å². The van der Waals surface area contributed by atoms with Crippen molar-refractivity contribution in [3.63, 3.8) is 0 Å². The second-order valence-electron chi connectivity index (χ2n) is 6.23. The molecule has 0 radical (unpaired) electrons. The van der Waals surface area contributed by atoms with Crippen LogP contribution in [0.5, 0.6) is 5.75 Å². The molecule has 1 fully saturated rings. The number of carboxylic acids is 1. The number of amides is 1. The predicted octanol–water partition coefficient (Wildman–Crippen LogP) is 1.98. The number of carboxylic acid groups (broad SMARTS) is 1. The van der Waals surface area contributed by atoms with Crippen LogP contribution in [0.4, 0.5) is 0 Å². The second kappa shape index (κ2) is 8.68. The first-order chi connectivity index (χ1) is 13.1. The largest absolute Gasteiger partial charge is 0.490 e. The molecule has 0 spiro atoms. The third-order valence-electron chi connectivity index (χ3n) is 4.40. The number of aliphatic carboxylic acids is 1. The smallest absolute Gasteiger partial charge is 0.323 e. The van der Waals surface area contributed by atoms with Crippen LogP contribution >= 0.6 is 0 Å². The number of hydrogen-bond donors (Lipinski definition) is 1. The Bertz CT molecular complexity index is 784. The molecule has 1 aromatic heterocycles. The fraction of sp³-hybridized carbons (Fsp3) is 0.421. The number of aromatic nitrogens is 2. The maximum Gasteiger partial charge on any atom is 0.323 e. The first-order valence-electron chi connectivity index (χ1n) is 8.98. The van der Waals surface area contributed by atoms with E-state index in [4.69, 9.17) is 9.47 Å². The molecular formula is C19H23N3O5. The van der Waals surface area contributed by atoms with E-state index >= 15 is 0 Å². The van der Waals surface area contributed by atoms with Crippen molar-refractivity contribution in [2.45, 2.75) is 25.8 Å². The normalized spacial score (nSPS) is 14.7. The molecule has 0 unspecified atom stereocenters. The highest BCUT2D eigenvalue weighted by Gasteiger charge is 2.32. The van der Waals surface area contributed by atoms with Gasteiger partial charge in [0.15, 0.2) is 11.4 Å². The van der Waals surface area contributed by atoms with Gasteiger partial charge in [-0.2, -0.15) is 5.10 Å². The number of ether oxygens (including phenoxy) is 2. The van der Waals surface area contributed by atoms with Gasteiger partial charge in [0.1, 0.15) is 6.54 Å². The van der Waals surface area contributed by atoms with Gasteiger partial charge in [0.05, 0.1) is 18.5 Å². The summed E-state index contributed by atoms with van der Waals surface area (Å²) in [6.45, 7) is 2.82. The molecular weight excluding hydrogens is 350 g/mol. The highest BCUT2D eigenvalue weighted by Crippen LogP contribution is 2.24. The van der Waals surface area contributed by atoms with Crippen molar-refractivity contribution in [2.75, 3.05) is 26.4 Å². The van der Waals surface area contributed by atoms with Gasteiger partial charge in [-0.15, -0.1) is 0 Å². The standard InChI is InChI=1S/C19H23N3O5/c1-2-27-16-12-22(15-6-4-3-5-7-15)20-18(16)19(25)21(13-17(23)24)14-8-10-26-11-9-14/h3-7,12,14H,2,8-11,13H2,1H3,(H,23,24). The van der Waals surface area contributed by atoms with Crippen LogP contribution in [0.15, 0.2) is 36.5 Å². The van der Waals surface area contributed by atoms with Crippen molar-refractivity contribution >= 4 is 11.9 Å². The second-order valence-corrected chi connectivity index (χ2v) is 6.23. The average molecular weight is 373 g/mol. The molecule has 0 saturated carbocycles. The molecule has 1 N–H and O–H groups in total. The van der Waals surface area contributed by atoms with E-state index in [0.29, 0.717) is 38.4 Å². The lowest BCUT2D eigenvalue weighted by Crippen LogP contribution is -2.46. The number of hydrogen-bond acceptors (Lipinski definition) is 5. The van der Waals surface area contributed by atoms with Crippen molar-refractivity contribution in [3.8, 4) is 11.4 Å². The molecule has 3 rings (SSSR count). The quantitative estimate of drug-likeness (QED) is 0.798. The van der Waals surface area contributed by atoms with Gasteiger partial charge in [-0.05, 0) is 31.9 Å². The summed E-state index contributed by atoms with van der Waals surface area (Å²) in [6, 6.07) is 9.17. The molecule has 1 aromatic carbocycles. The van der Waals surface area contributed by atoms with Crippen molar-refractivity contribution in [1.29, 1.82) is 0 Å². The third-order valence-corrected chi connectivity index (χ3v) is 4.40. The van der Waals surface area contributed by atoms with Crippen LogP contribution in [0.2, 0.25) is 0 Å². The Morgan fingerprint density at radius 3 is 2.63 bits per heavy atom. The summed E-state index contributed by atoms with van der Waals surface area (Å²) in [5.74, 6) is -1.16. The molecule has 27 heavy (non-hydrogen) atoms. The summed E-state index contributed by atoms with van der Waals surface area (Å²) in [5.41, 5.74) is 0.904. The Morgan fingerprint density at radius 1 is 1.30 bits per heavy atom. The number of carbonyl (C=O) groups is 2. The number of carbonyl (C=O) groups excluding carboxylic acids is 1. The third kappa shape index (κ3) is 4.46. The summed E-state index contributed by atoms with van der Waals surface area (Å²) in [5, 5.41) is 13.7. The van der Waals surface area contributed by atoms with Gasteiger partial charge in [0.25, 0.3) is 5.91 Å². The monoisotopic (exact) mass is 373 g/mol. The molecule has 8 nitrogen and oxygen atoms in total. The first-order valence-corrected chi connectivity index (χ1v) is 8.98. The SMILES string of the molecule is CCOc1cn(-c2ccccc2)nc1C(=O)N(CC(=O)O)C1CCOCC1. The summed E-state index contributed by atoms with van der Waals surface area (Å²) in [6.07, 6.45) is 2.85. The van der Waals surface area contributed by atoms with Gasteiger partial charge < -0.3 is 19.5 Å². The highest BCUT2D eigenvalue weighted by atomic mass is 16.5. The Morgan fingerprint density at radius 2 is 2.00 bits per heavy atom. The zero-order chi connectivity index (χ0) is 19.2. The topological polar surface area (TPSA) is 93.9 Å². The molecule has 2 heterocycles. The number of benzene rings is 1. The lowest BCUT2D eigenvalue weighted by Gasteiger charge is -2.32. The Kier molecular flexibility index (Phi) is 6.08. The minimum atomic E-state index is -1.06. The Hall–Kier alpha value is -2.87.